The second-order valence-corrected chi connectivity index (χ2v) is 2.34. The molecule has 1 rings (SSSR count). The zero-order valence-electron chi connectivity index (χ0n) is 5.92. The van der Waals surface area contributed by atoms with Gasteiger partial charge in [-0.25, -0.2) is 4.39 Å². The van der Waals surface area contributed by atoms with Crippen LogP contribution in [0.1, 0.15) is 12.5 Å². The van der Waals surface area contributed by atoms with Crippen LogP contribution in [0.15, 0.2) is 24.5 Å². The molecule has 0 saturated carbocycles. The Labute approximate surface area is 59.9 Å². The van der Waals surface area contributed by atoms with E-state index in [1.54, 1.807) is 19.3 Å². The van der Waals surface area contributed by atoms with Gasteiger partial charge >= 0.3 is 0 Å². The van der Waals surface area contributed by atoms with E-state index in [1.807, 2.05) is 12.1 Å². The molecule has 10 heavy (non-hydrogen) atoms. The maximum absolute atomic E-state index is 12.4. The molecule has 1 nitrogen and oxygen atoms in total. The number of nitrogens with zero attached hydrogens (tertiary/aromatic N) is 1. The number of hydrogen-bond donors (Lipinski definition) is 0. The number of pyridine rings is 1. The van der Waals surface area contributed by atoms with Gasteiger partial charge in [0.2, 0.25) is 0 Å². The third-order valence-corrected chi connectivity index (χ3v) is 1.27. The molecule has 54 valence electrons. The van der Waals surface area contributed by atoms with Crippen molar-refractivity contribution in [2.75, 3.05) is 0 Å². The Morgan fingerprint density at radius 3 is 2.60 bits per heavy atom. The van der Waals surface area contributed by atoms with Crippen LogP contribution < -0.4 is 0 Å². The van der Waals surface area contributed by atoms with Crippen LogP contribution in [-0.2, 0) is 6.42 Å². The Balaban J connectivity index is 2.59. The van der Waals surface area contributed by atoms with Gasteiger partial charge in [-0.2, -0.15) is 0 Å². The summed E-state index contributed by atoms with van der Waals surface area (Å²) in [7, 11) is 0. The van der Waals surface area contributed by atoms with Crippen molar-refractivity contribution in [3.8, 4) is 0 Å². The molecule has 1 heterocycles. The molecule has 0 radical (unpaired) electrons. The first-order chi connectivity index (χ1) is 4.79. The van der Waals surface area contributed by atoms with Gasteiger partial charge in [-0.15, -0.1) is 0 Å². The van der Waals surface area contributed by atoms with Gasteiger partial charge < -0.3 is 0 Å². The van der Waals surface area contributed by atoms with Crippen LogP contribution in [-0.4, -0.2) is 11.2 Å². The molecule has 0 aliphatic heterocycles. The summed E-state index contributed by atoms with van der Waals surface area (Å²) in [6.45, 7) is 1.56. The molecule has 0 aromatic carbocycles. The van der Waals surface area contributed by atoms with E-state index in [9.17, 15) is 4.39 Å². The molecule has 0 amide bonds. The quantitative estimate of drug-likeness (QED) is 0.610. The van der Waals surface area contributed by atoms with E-state index in [1.165, 1.54) is 0 Å². The maximum Gasteiger partial charge on any atom is 0.101 e. The minimum absolute atomic E-state index is 0.489. The maximum atomic E-state index is 12.4. The van der Waals surface area contributed by atoms with Crippen LogP contribution in [0.2, 0.25) is 0 Å². The summed E-state index contributed by atoms with van der Waals surface area (Å²) < 4.78 is 12.4. The van der Waals surface area contributed by atoms with Gasteiger partial charge in [0.25, 0.3) is 0 Å². The van der Waals surface area contributed by atoms with Crippen LogP contribution in [0.4, 0.5) is 4.39 Å². The first-order valence-electron chi connectivity index (χ1n) is 3.32. The zero-order chi connectivity index (χ0) is 7.40. The lowest BCUT2D eigenvalue weighted by Gasteiger charge is -1.99. The fraction of sp³-hybridized carbons (Fsp3) is 0.375. The largest absolute Gasteiger partial charge is 0.265 e. The lowest BCUT2D eigenvalue weighted by atomic mass is 10.1. The Hall–Kier alpha value is -0.920. The van der Waals surface area contributed by atoms with Crippen molar-refractivity contribution in [1.82, 2.24) is 4.98 Å². The summed E-state index contributed by atoms with van der Waals surface area (Å²) in [4.78, 5) is 3.83. The van der Waals surface area contributed by atoms with Crippen molar-refractivity contribution < 1.29 is 4.39 Å². The standard InChI is InChI=1S/C8H10FN/c1-7(9)6-8-2-4-10-5-3-8/h2-5,7H,6H2,1H3. The third-order valence-electron chi connectivity index (χ3n) is 1.27. The Morgan fingerprint density at radius 1 is 1.50 bits per heavy atom. The van der Waals surface area contributed by atoms with Crippen molar-refractivity contribution in [3.05, 3.63) is 30.1 Å². The molecule has 0 saturated heterocycles. The molecular weight excluding hydrogens is 129 g/mol. The first kappa shape index (κ1) is 7.19. The summed E-state index contributed by atoms with van der Waals surface area (Å²) in [6.07, 6.45) is 3.08. The van der Waals surface area contributed by atoms with Crippen molar-refractivity contribution in [2.45, 2.75) is 19.5 Å². The van der Waals surface area contributed by atoms with E-state index in [2.05, 4.69) is 4.98 Å². The van der Waals surface area contributed by atoms with Crippen LogP contribution in [0.25, 0.3) is 0 Å². The molecule has 0 aliphatic rings. The van der Waals surface area contributed by atoms with Crippen molar-refractivity contribution in [1.29, 1.82) is 0 Å². The smallest absolute Gasteiger partial charge is 0.101 e. The van der Waals surface area contributed by atoms with Gasteiger partial charge in [-0.3, -0.25) is 4.98 Å². The summed E-state index contributed by atoms with van der Waals surface area (Å²) in [6, 6.07) is 3.66. The monoisotopic (exact) mass is 139 g/mol. The molecular formula is C8H10FN. The van der Waals surface area contributed by atoms with Gasteiger partial charge in [0, 0.05) is 18.8 Å². The minimum atomic E-state index is -0.762. The highest BCUT2D eigenvalue weighted by atomic mass is 19.1. The number of aromatic nitrogens is 1. The van der Waals surface area contributed by atoms with Gasteiger partial charge in [0.1, 0.15) is 6.17 Å². The van der Waals surface area contributed by atoms with E-state index in [-0.39, 0.29) is 0 Å². The number of rotatable bonds is 2. The summed E-state index contributed by atoms with van der Waals surface area (Å²) in [5, 5.41) is 0. The lowest BCUT2D eigenvalue weighted by Crippen LogP contribution is -1.97. The second kappa shape index (κ2) is 3.30. The fourth-order valence-electron chi connectivity index (χ4n) is 0.844. The first-order valence-corrected chi connectivity index (χ1v) is 3.32. The third kappa shape index (κ3) is 2.13. The van der Waals surface area contributed by atoms with Crippen molar-refractivity contribution >= 4 is 0 Å². The highest BCUT2D eigenvalue weighted by Gasteiger charge is 1.98. The molecule has 1 aromatic heterocycles. The molecule has 0 fully saturated rings. The molecule has 0 aliphatic carbocycles. The molecule has 0 N–H and O–H groups in total. The lowest BCUT2D eigenvalue weighted by molar-refractivity contribution is 0.360. The highest BCUT2D eigenvalue weighted by Crippen LogP contribution is 2.02. The number of hydrogen-bond acceptors (Lipinski definition) is 1. The van der Waals surface area contributed by atoms with Crippen molar-refractivity contribution in [3.63, 3.8) is 0 Å². The molecule has 1 atom stereocenters. The fourth-order valence-corrected chi connectivity index (χ4v) is 0.844. The van der Waals surface area contributed by atoms with E-state index >= 15 is 0 Å². The van der Waals surface area contributed by atoms with Gasteiger partial charge in [-0.05, 0) is 24.6 Å². The normalized spacial score (nSPS) is 13.0. The molecule has 2 heteroatoms. The highest BCUT2D eigenvalue weighted by molar-refractivity contribution is 5.10. The predicted molar refractivity (Wildman–Crippen MR) is 38.5 cm³/mol. The topological polar surface area (TPSA) is 12.9 Å². The van der Waals surface area contributed by atoms with Crippen molar-refractivity contribution in [2.24, 2.45) is 0 Å². The average molecular weight is 139 g/mol. The second-order valence-electron chi connectivity index (χ2n) is 2.34. The Kier molecular flexibility index (Phi) is 2.37. The van der Waals surface area contributed by atoms with E-state index < -0.39 is 6.17 Å². The van der Waals surface area contributed by atoms with Gasteiger partial charge in [0.05, 0.1) is 0 Å². The summed E-state index contributed by atoms with van der Waals surface area (Å²) in [5.74, 6) is 0. The molecule has 0 bridgehead atoms. The van der Waals surface area contributed by atoms with E-state index in [0.717, 1.165) is 5.56 Å². The summed E-state index contributed by atoms with van der Waals surface area (Å²) in [5.41, 5.74) is 1.00. The molecule has 1 aromatic rings. The number of halogens is 1. The number of alkyl halides is 1. The van der Waals surface area contributed by atoms with Gasteiger partial charge in [0.15, 0.2) is 0 Å². The van der Waals surface area contributed by atoms with Gasteiger partial charge in [-0.1, -0.05) is 0 Å². The van der Waals surface area contributed by atoms with E-state index in [0.29, 0.717) is 6.42 Å². The van der Waals surface area contributed by atoms with E-state index in [4.69, 9.17) is 0 Å². The van der Waals surface area contributed by atoms with Crippen LogP contribution in [0, 0.1) is 0 Å². The van der Waals surface area contributed by atoms with Crippen LogP contribution in [0.3, 0.4) is 0 Å². The van der Waals surface area contributed by atoms with Crippen LogP contribution >= 0.6 is 0 Å². The average Bonchev–Trinajstić information content (AvgIpc) is 1.88. The zero-order valence-corrected chi connectivity index (χ0v) is 5.92. The SMILES string of the molecule is CC(F)Cc1ccncc1. The Bertz CT molecular complexity index is 184. The minimum Gasteiger partial charge on any atom is -0.265 e. The molecule has 1 unspecified atom stereocenters. The summed E-state index contributed by atoms with van der Waals surface area (Å²) >= 11 is 0. The van der Waals surface area contributed by atoms with Crippen LogP contribution in [0.5, 0.6) is 0 Å². The predicted octanol–water partition coefficient (Wildman–Crippen LogP) is 1.98. The molecule has 0 spiro atoms. The Morgan fingerprint density at radius 2 is 2.10 bits per heavy atom.